The van der Waals surface area contributed by atoms with Gasteiger partial charge in [0.2, 0.25) is 5.91 Å². The van der Waals surface area contributed by atoms with Crippen molar-refractivity contribution in [2.75, 3.05) is 20.7 Å². The number of carbonyl (C=O) groups excluding carboxylic acids is 1. The number of ether oxygens (including phenoxy) is 2. The summed E-state index contributed by atoms with van der Waals surface area (Å²) in [6.07, 6.45) is 4.97. The smallest absolute Gasteiger partial charge is 0.239 e. The van der Waals surface area contributed by atoms with Crippen molar-refractivity contribution in [3.8, 4) is 11.5 Å². The molecule has 0 spiro atoms. The maximum Gasteiger partial charge on any atom is 0.239 e. The second-order valence-corrected chi connectivity index (χ2v) is 8.09. The van der Waals surface area contributed by atoms with E-state index in [-0.39, 0.29) is 18.0 Å². The van der Waals surface area contributed by atoms with Crippen LogP contribution in [0.15, 0.2) is 23.2 Å². The van der Waals surface area contributed by atoms with Crippen LogP contribution in [0.25, 0.3) is 0 Å². The molecule has 7 heteroatoms. The van der Waals surface area contributed by atoms with Crippen molar-refractivity contribution in [3.05, 3.63) is 23.8 Å². The molecule has 0 atom stereocenters. The van der Waals surface area contributed by atoms with Crippen LogP contribution in [0.3, 0.4) is 0 Å². The summed E-state index contributed by atoms with van der Waals surface area (Å²) in [4.78, 5) is 16.1. The Morgan fingerprint density at radius 1 is 1.18 bits per heavy atom. The molecule has 1 aliphatic rings. The van der Waals surface area contributed by atoms with Crippen LogP contribution < -0.4 is 25.4 Å². The van der Waals surface area contributed by atoms with E-state index in [1.165, 1.54) is 12.8 Å². The number of amides is 1. The molecule has 2 rings (SSSR count). The molecule has 0 heterocycles. The number of benzene rings is 1. The highest BCUT2D eigenvalue weighted by Gasteiger charge is 2.18. The van der Waals surface area contributed by atoms with Crippen LogP contribution in [0.2, 0.25) is 0 Å². The third kappa shape index (κ3) is 7.29. The summed E-state index contributed by atoms with van der Waals surface area (Å²) < 4.78 is 11.6. The van der Waals surface area contributed by atoms with Crippen molar-refractivity contribution in [2.24, 2.45) is 4.99 Å². The first-order valence-electron chi connectivity index (χ1n) is 9.90. The Bertz CT molecular complexity index is 677. The summed E-state index contributed by atoms with van der Waals surface area (Å²) in [5.74, 6) is 2.01. The molecule has 0 aliphatic heterocycles. The molecule has 1 aliphatic carbocycles. The number of hydrogen-bond donors (Lipinski definition) is 3. The molecule has 0 unspecified atom stereocenters. The van der Waals surface area contributed by atoms with Crippen LogP contribution in [0.1, 0.15) is 52.0 Å². The van der Waals surface area contributed by atoms with Gasteiger partial charge in [0, 0.05) is 19.1 Å². The molecule has 28 heavy (non-hydrogen) atoms. The van der Waals surface area contributed by atoms with E-state index >= 15 is 0 Å². The van der Waals surface area contributed by atoms with Gasteiger partial charge in [-0.1, -0.05) is 6.07 Å². The lowest BCUT2D eigenvalue weighted by Crippen LogP contribution is -2.48. The molecule has 3 N–H and O–H groups in total. The highest BCUT2D eigenvalue weighted by molar-refractivity contribution is 5.86. The molecule has 1 amide bonds. The lowest BCUT2D eigenvalue weighted by Gasteiger charge is -2.21. The minimum Gasteiger partial charge on any atom is -0.493 e. The fraction of sp³-hybridized carbons (Fsp3) is 0.619. The number of aliphatic imine (C=N–C) groups is 1. The van der Waals surface area contributed by atoms with Gasteiger partial charge in [-0.2, -0.15) is 0 Å². The van der Waals surface area contributed by atoms with Crippen LogP contribution >= 0.6 is 0 Å². The van der Waals surface area contributed by atoms with Crippen molar-refractivity contribution >= 4 is 11.9 Å². The zero-order chi connectivity index (χ0) is 20.6. The van der Waals surface area contributed by atoms with E-state index in [0.717, 1.165) is 29.9 Å². The Kier molecular flexibility index (Phi) is 7.96. The average Bonchev–Trinajstić information content (AvgIpc) is 3.14. The molecule has 7 nitrogen and oxygen atoms in total. The van der Waals surface area contributed by atoms with Crippen molar-refractivity contribution in [1.82, 2.24) is 16.0 Å². The maximum absolute atomic E-state index is 11.9. The number of methoxy groups -OCH3 is 1. The standard InChI is InChI=1S/C21H34N4O3/c1-21(2,3)25-19(26)14-24-20(22-4)23-13-15-10-11-17(18(12-15)27-5)28-16-8-6-7-9-16/h10-12,16H,6-9,13-14H2,1-5H3,(H,25,26)(H2,22,23,24). The van der Waals surface area contributed by atoms with E-state index in [1.807, 2.05) is 39.0 Å². The Balaban J connectivity index is 1.87. The molecular formula is C21H34N4O3. The van der Waals surface area contributed by atoms with Crippen LogP contribution in [0, 0.1) is 0 Å². The summed E-state index contributed by atoms with van der Waals surface area (Å²) >= 11 is 0. The summed E-state index contributed by atoms with van der Waals surface area (Å²) in [5.41, 5.74) is 0.784. The van der Waals surface area contributed by atoms with Crippen LogP contribution in [-0.2, 0) is 11.3 Å². The molecule has 1 aromatic carbocycles. The summed E-state index contributed by atoms with van der Waals surface area (Å²) in [5, 5.41) is 9.14. The number of hydrogen-bond acceptors (Lipinski definition) is 4. The Labute approximate surface area is 168 Å². The number of nitrogens with zero attached hydrogens (tertiary/aromatic N) is 1. The van der Waals surface area contributed by atoms with Crippen LogP contribution in [-0.4, -0.2) is 44.2 Å². The third-order valence-corrected chi connectivity index (χ3v) is 4.44. The predicted molar refractivity (Wildman–Crippen MR) is 112 cm³/mol. The SMILES string of the molecule is CN=C(NCC(=O)NC(C)(C)C)NCc1ccc(OC2CCCC2)c(OC)c1. The van der Waals surface area contributed by atoms with Gasteiger partial charge in [-0.15, -0.1) is 0 Å². The monoisotopic (exact) mass is 390 g/mol. The zero-order valence-electron chi connectivity index (χ0n) is 17.7. The zero-order valence-corrected chi connectivity index (χ0v) is 17.7. The molecule has 0 saturated heterocycles. The topological polar surface area (TPSA) is 84.0 Å². The lowest BCUT2D eigenvalue weighted by molar-refractivity contribution is -0.121. The fourth-order valence-corrected chi connectivity index (χ4v) is 3.14. The number of nitrogens with one attached hydrogen (secondary N) is 3. The van der Waals surface area contributed by atoms with Crippen molar-refractivity contribution < 1.29 is 14.3 Å². The van der Waals surface area contributed by atoms with E-state index in [2.05, 4.69) is 20.9 Å². The van der Waals surface area contributed by atoms with Gasteiger partial charge >= 0.3 is 0 Å². The molecule has 1 aromatic rings. The number of carbonyl (C=O) groups is 1. The number of rotatable bonds is 7. The van der Waals surface area contributed by atoms with Crippen LogP contribution in [0.4, 0.5) is 0 Å². The first kappa shape index (κ1) is 21.9. The van der Waals surface area contributed by atoms with Gasteiger partial charge < -0.3 is 25.4 Å². The van der Waals surface area contributed by atoms with Gasteiger partial charge in [0.1, 0.15) is 0 Å². The Morgan fingerprint density at radius 3 is 2.50 bits per heavy atom. The van der Waals surface area contributed by atoms with E-state index < -0.39 is 0 Å². The Morgan fingerprint density at radius 2 is 1.89 bits per heavy atom. The van der Waals surface area contributed by atoms with Gasteiger partial charge in [0.15, 0.2) is 17.5 Å². The highest BCUT2D eigenvalue weighted by Crippen LogP contribution is 2.32. The average molecular weight is 391 g/mol. The van der Waals surface area contributed by atoms with Gasteiger partial charge in [-0.3, -0.25) is 9.79 Å². The molecule has 0 bridgehead atoms. The molecule has 156 valence electrons. The minimum atomic E-state index is -0.255. The molecular weight excluding hydrogens is 356 g/mol. The quantitative estimate of drug-likeness (QED) is 0.492. The van der Waals surface area contributed by atoms with E-state index in [0.29, 0.717) is 18.6 Å². The molecule has 0 radical (unpaired) electrons. The highest BCUT2D eigenvalue weighted by atomic mass is 16.5. The van der Waals surface area contributed by atoms with Gasteiger partial charge in [-0.05, 0) is 64.2 Å². The summed E-state index contributed by atoms with van der Waals surface area (Å²) in [6.45, 7) is 6.57. The largest absolute Gasteiger partial charge is 0.493 e. The minimum absolute atomic E-state index is 0.0782. The molecule has 1 saturated carbocycles. The second-order valence-electron chi connectivity index (χ2n) is 8.09. The van der Waals surface area contributed by atoms with Crippen molar-refractivity contribution in [2.45, 2.75) is 64.6 Å². The van der Waals surface area contributed by atoms with Crippen molar-refractivity contribution in [1.29, 1.82) is 0 Å². The van der Waals surface area contributed by atoms with Gasteiger partial charge in [-0.25, -0.2) is 0 Å². The summed E-state index contributed by atoms with van der Waals surface area (Å²) in [6, 6.07) is 5.94. The third-order valence-electron chi connectivity index (χ3n) is 4.44. The van der Waals surface area contributed by atoms with E-state index in [9.17, 15) is 4.79 Å². The fourth-order valence-electron chi connectivity index (χ4n) is 3.14. The van der Waals surface area contributed by atoms with E-state index in [4.69, 9.17) is 9.47 Å². The normalized spacial score (nSPS) is 15.2. The number of guanidine groups is 1. The predicted octanol–water partition coefficient (Wildman–Crippen LogP) is 2.60. The first-order valence-corrected chi connectivity index (χ1v) is 9.90. The first-order chi connectivity index (χ1) is 13.3. The van der Waals surface area contributed by atoms with Gasteiger partial charge in [0.25, 0.3) is 0 Å². The van der Waals surface area contributed by atoms with Gasteiger partial charge in [0.05, 0.1) is 19.8 Å². The second kappa shape index (κ2) is 10.2. The lowest BCUT2D eigenvalue weighted by atomic mass is 10.1. The molecule has 1 fully saturated rings. The molecule has 0 aromatic heterocycles. The van der Waals surface area contributed by atoms with Crippen molar-refractivity contribution in [3.63, 3.8) is 0 Å². The maximum atomic E-state index is 11.9. The van der Waals surface area contributed by atoms with Crippen LogP contribution in [0.5, 0.6) is 11.5 Å². The summed E-state index contributed by atoms with van der Waals surface area (Å²) in [7, 11) is 3.33. The van der Waals surface area contributed by atoms with E-state index in [1.54, 1.807) is 14.2 Å². The Hall–Kier alpha value is -2.44.